The first-order valence-electron chi connectivity index (χ1n) is 9.28. The summed E-state index contributed by atoms with van der Waals surface area (Å²) >= 11 is 0. The van der Waals surface area contributed by atoms with E-state index in [-0.39, 0.29) is 18.4 Å². The van der Waals surface area contributed by atoms with E-state index < -0.39 is 0 Å². The molecule has 0 unspecified atom stereocenters. The summed E-state index contributed by atoms with van der Waals surface area (Å²) in [6, 6.07) is 6.10. The maximum absolute atomic E-state index is 12.7. The Balaban J connectivity index is 1.59. The Kier molecular flexibility index (Phi) is 5.42. The number of fused-ring (bicyclic) bond motifs is 1. The highest BCUT2D eigenvalue weighted by Crippen LogP contribution is 2.30. The van der Waals surface area contributed by atoms with E-state index in [9.17, 15) is 9.59 Å². The van der Waals surface area contributed by atoms with Gasteiger partial charge in [0, 0.05) is 24.7 Å². The molecule has 25 heavy (non-hydrogen) atoms. The minimum atomic E-state index is -0.169. The Labute approximate surface area is 150 Å². The van der Waals surface area contributed by atoms with Crippen LogP contribution in [0.5, 0.6) is 0 Å². The van der Waals surface area contributed by atoms with Crippen LogP contribution in [0.4, 0.5) is 0 Å². The topological polar surface area (TPSA) is 52.7 Å². The molecular formula is C20H29N3O2. The number of piperidine rings is 2. The van der Waals surface area contributed by atoms with E-state index in [0.29, 0.717) is 17.5 Å². The van der Waals surface area contributed by atoms with Gasteiger partial charge in [0.25, 0.3) is 5.91 Å². The third-order valence-corrected chi connectivity index (χ3v) is 5.48. The van der Waals surface area contributed by atoms with Gasteiger partial charge in [-0.1, -0.05) is 17.2 Å². The van der Waals surface area contributed by atoms with Gasteiger partial charge in [0.15, 0.2) is 0 Å². The van der Waals surface area contributed by atoms with Gasteiger partial charge in [-0.05, 0) is 64.8 Å². The van der Waals surface area contributed by atoms with E-state index in [2.05, 4.69) is 17.3 Å². The van der Waals surface area contributed by atoms with Gasteiger partial charge in [-0.15, -0.1) is 0 Å². The summed E-state index contributed by atoms with van der Waals surface area (Å²) in [6.45, 7) is 6.98. The zero-order valence-corrected chi connectivity index (χ0v) is 15.5. The number of benzene rings is 1. The Morgan fingerprint density at radius 1 is 1.12 bits per heavy atom. The highest BCUT2D eigenvalue weighted by atomic mass is 16.2. The van der Waals surface area contributed by atoms with Crippen molar-refractivity contribution in [3.05, 3.63) is 34.9 Å². The second-order valence-corrected chi connectivity index (χ2v) is 7.67. The SMILES string of the molecule is Cc1cc(C)cc(C(=O)NCC(=O)N2CCC[C@@H]3CN(C)CC[C@H]32)c1. The van der Waals surface area contributed by atoms with Crippen LogP contribution in [0.1, 0.15) is 40.7 Å². The van der Waals surface area contributed by atoms with Crippen LogP contribution < -0.4 is 5.32 Å². The van der Waals surface area contributed by atoms with Crippen LogP contribution in [-0.2, 0) is 4.79 Å². The van der Waals surface area contributed by atoms with Gasteiger partial charge >= 0.3 is 0 Å². The van der Waals surface area contributed by atoms with Crippen molar-refractivity contribution < 1.29 is 9.59 Å². The van der Waals surface area contributed by atoms with E-state index >= 15 is 0 Å². The van der Waals surface area contributed by atoms with E-state index in [1.54, 1.807) is 0 Å². The standard InChI is InChI=1S/C20H29N3O2/c1-14-9-15(2)11-17(10-14)20(25)21-12-19(24)23-7-4-5-16-13-22(3)8-6-18(16)23/h9-11,16,18H,4-8,12-13H2,1-3H3,(H,21,25)/t16-,18-/m1/s1. The third-order valence-electron chi connectivity index (χ3n) is 5.48. The number of hydrogen-bond acceptors (Lipinski definition) is 3. The molecule has 0 aromatic heterocycles. The molecule has 3 rings (SSSR count). The number of nitrogens with zero attached hydrogens (tertiary/aromatic N) is 2. The van der Waals surface area contributed by atoms with Gasteiger partial charge in [0.2, 0.25) is 5.91 Å². The Morgan fingerprint density at radius 2 is 1.84 bits per heavy atom. The molecule has 2 amide bonds. The summed E-state index contributed by atoms with van der Waals surface area (Å²) in [4.78, 5) is 29.5. The molecule has 1 N–H and O–H groups in total. The molecule has 0 spiro atoms. The van der Waals surface area contributed by atoms with Crippen LogP contribution in [0.15, 0.2) is 18.2 Å². The predicted octanol–water partition coefficient (Wildman–Crippen LogP) is 1.98. The van der Waals surface area contributed by atoms with E-state index in [4.69, 9.17) is 0 Å². The quantitative estimate of drug-likeness (QED) is 0.913. The molecule has 2 heterocycles. The lowest BCUT2D eigenvalue weighted by atomic mass is 9.84. The molecule has 5 heteroatoms. The Bertz CT molecular complexity index is 638. The molecule has 2 aliphatic heterocycles. The van der Waals surface area contributed by atoms with Gasteiger partial charge in [-0.3, -0.25) is 9.59 Å². The van der Waals surface area contributed by atoms with Gasteiger partial charge in [-0.25, -0.2) is 0 Å². The number of carbonyl (C=O) groups excluding carboxylic acids is 2. The van der Waals surface area contributed by atoms with Gasteiger partial charge in [0.1, 0.15) is 0 Å². The van der Waals surface area contributed by atoms with Crippen molar-refractivity contribution >= 4 is 11.8 Å². The Hall–Kier alpha value is -1.88. The van der Waals surface area contributed by atoms with Crippen molar-refractivity contribution in [2.45, 2.75) is 39.2 Å². The van der Waals surface area contributed by atoms with E-state index in [1.165, 1.54) is 6.42 Å². The fourth-order valence-electron chi connectivity index (χ4n) is 4.36. The first-order valence-corrected chi connectivity index (χ1v) is 9.28. The summed E-state index contributed by atoms with van der Waals surface area (Å²) in [5, 5.41) is 2.81. The number of nitrogens with one attached hydrogen (secondary N) is 1. The van der Waals surface area contributed by atoms with Crippen molar-refractivity contribution in [2.24, 2.45) is 5.92 Å². The van der Waals surface area contributed by atoms with Crippen LogP contribution in [0.25, 0.3) is 0 Å². The number of likely N-dealkylation sites (tertiary alicyclic amines) is 2. The van der Waals surface area contributed by atoms with Crippen molar-refractivity contribution in [1.82, 2.24) is 15.1 Å². The number of amides is 2. The van der Waals surface area contributed by atoms with Gasteiger partial charge in [0.05, 0.1) is 6.54 Å². The molecule has 1 aromatic rings. The molecule has 0 aliphatic carbocycles. The second kappa shape index (κ2) is 7.56. The normalized spacial score (nSPS) is 23.9. The number of rotatable bonds is 3. The fourth-order valence-corrected chi connectivity index (χ4v) is 4.36. The maximum atomic E-state index is 12.7. The number of hydrogen-bond donors (Lipinski definition) is 1. The zero-order chi connectivity index (χ0) is 18.0. The van der Waals surface area contributed by atoms with Gasteiger partial charge in [-0.2, -0.15) is 0 Å². The molecule has 2 aliphatic rings. The maximum Gasteiger partial charge on any atom is 0.251 e. The lowest BCUT2D eigenvalue weighted by Gasteiger charge is -2.46. The Morgan fingerprint density at radius 3 is 2.56 bits per heavy atom. The summed E-state index contributed by atoms with van der Waals surface area (Å²) in [5.41, 5.74) is 2.74. The highest BCUT2D eigenvalue weighted by molar-refractivity contribution is 5.96. The molecule has 1 aromatic carbocycles. The summed E-state index contributed by atoms with van der Waals surface area (Å²) in [5.74, 6) is 0.459. The van der Waals surface area contributed by atoms with Crippen molar-refractivity contribution in [3.8, 4) is 0 Å². The number of aryl methyl sites for hydroxylation is 2. The van der Waals surface area contributed by atoms with Crippen LogP contribution in [0.3, 0.4) is 0 Å². The summed E-state index contributed by atoms with van der Waals surface area (Å²) in [6.07, 6.45) is 3.30. The van der Waals surface area contributed by atoms with E-state index in [1.807, 2.05) is 36.9 Å². The summed E-state index contributed by atoms with van der Waals surface area (Å²) in [7, 11) is 2.15. The summed E-state index contributed by atoms with van der Waals surface area (Å²) < 4.78 is 0. The van der Waals surface area contributed by atoms with E-state index in [0.717, 1.165) is 43.6 Å². The lowest BCUT2D eigenvalue weighted by molar-refractivity contribution is -0.137. The molecule has 136 valence electrons. The molecule has 0 bridgehead atoms. The molecule has 2 saturated heterocycles. The number of carbonyl (C=O) groups is 2. The van der Waals surface area contributed by atoms with Crippen LogP contribution in [0, 0.1) is 19.8 Å². The molecule has 0 radical (unpaired) electrons. The minimum Gasteiger partial charge on any atom is -0.343 e. The molecule has 2 atom stereocenters. The largest absolute Gasteiger partial charge is 0.343 e. The predicted molar refractivity (Wildman–Crippen MR) is 98.6 cm³/mol. The van der Waals surface area contributed by atoms with Gasteiger partial charge < -0.3 is 15.1 Å². The first kappa shape index (κ1) is 17.9. The van der Waals surface area contributed by atoms with Crippen molar-refractivity contribution in [2.75, 3.05) is 33.2 Å². The van der Waals surface area contributed by atoms with Crippen LogP contribution in [0.2, 0.25) is 0 Å². The average molecular weight is 343 g/mol. The zero-order valence-electron chi connectivity index (χ0n) is 15.5. The van der Waals surface area contributed by atoms with Crippen molar-refractivity contribution in [3.63, 3.8) is 0 Å². The average Bonchev–Trinajstić information content (AvgIpc) is 2.57. The van der Waals surface area contributed by atoms with Crippen LogP contribution in [-0.4, -0.2) is 60.9 Å². The lowest BCUT2D eigenvalue weighted by Crippen LogP contribution is -2.56. The monoisotopic (exact) mass is 343 g/mol. The smallest absolute Gasteiger partial charge is 0.251 e. The first-order chi connectivity index (χ1) is 11.9. The molecule has 0 saturated carbocycles. The molecule has 2 fully saturated rings. The highest BCUT2D eigenvalue weighted by Gasteiger charge is 2.37. The fraction of sp³-hybridized carbons (Fsp3) is 0.600. The second-order valence-electron chi connectivity index (χ2n) is 7.67. The molecule has 5 nitrogen and oxygen atoms in total. The minimum absolute atomic E-state index is 0.0528. The van der Waals surface area contributed by atoms with Crippen molar-refractivity contribution in [1.29, 1.82) is 0 Å². The third kappa shape index (κ3) is 4.21. The molecular weight excluding hydrogens is 314 g/mol. The van der Waals surface area contributed by atoms with Crippen LogP contribution >= 0.6 is 0 Å².